The van der Waals surface area contributed by atoms with Gasteiger partial charge >= 0.3 is 0 Å². The van der Waals surface area contributed by atoms with Gasteiger partial charge in [-0.3, -0.25) is 0 Å². The number of hydrogen-bond donors (Lipinski definition) is 3. The van der Waals surface area contributed by atoms with Crippen LogP contribution in [-0.2, 0) is 10.0 Å². The van der Waals surface area contributed by atoms with Crippen molar-refractivity contribution in [2.75, 3.05) is 6.54 Å². The van der Waals surface area contributed by atoms with Crippen LogP contribution in [0.25, 0.3) is 0 Å². The molecule has 1 aromatic rings. The van der Waals surface area contributed by atoms with E-state index in [9.17, 15) is 8.42 Å². The summed E-state index contributed by atoms with van der Waals surface area (Å²) in [7, 11) is -3.49. The van der Waals surface area contributed by atoms with E-state index in [1.165, 1.54) is 6.20 Å². The highest BCUT2D eigenvalue weighted by atomic mass is 32.2. The summed E-state index contributed by atoms with van der Waals surface area (Å²) >= 11 is 0. The first kappa shape index (κ1) is 12.5. The highest BCUT2D eigenvalue weighted by Gasteiger charge is 2.30. The van der Waals surface area contributed by atoms with Crippen LogP contribution in [0.1, 0.15) is 25.1 Å². The maximum Gasteiger partial charge on any atom is 0.257 e. The molecule has 1 fully saturated rings. The minimum Gasteiger partial charge on any atom is -0.332 e. The van der Waals surface area contributed by atoms with Crippen molar-refractivity contribution in [3.8, 4) is 0 Å². The fourth-order valence-corrected chi connectivity index (χ4v) is 3.58. The summed E-state index contributed by atoms with van der Waals surface area (Å²) in [6.45, 7) is 2.24. The molecule has 1 aromatic heterocycles. The van der Waals surface area contributed by atoms with Gasteiger partial charge in [0.05, 0.1) is 6.20 Å². The van der Waals surface area contributed by atoms with Crippen molar-refractivity contribution in [1.29, 1.82) is 0 Å². The number of hydrogen-bond acceptors (Lipinski definition) is 4. The number of aromatic amines is 1. The van der Waals surface area contributed by atoms with Gasteiger partial charge in [0, 0.05) is 6.04 Å². The molecule has 1 heterocycles. The molecule has 17 heavy (non-hydrogen) atoms. The largest absolute Gasteiger partial charge is 0.332 e. The van der Waals surface area contributed by atoms with Crippen LogP contribution in [0.5, 0.6) is 0 Å². The summed E-state index contributed by atoms with van der Waals surface area (Å²) < 4.78 is 26.8. The van der Waals surface area contributed by atoms with Gasteiger partial charge in [0.1, 0.15) is 5.82 Å². The molecule has 0 aromatic carbocycles. The van der Waals surface area contributed by atoms with E-state index in [4.69, 9.17) is 5.73 Å². The van der Waals surface area contributed by atoms with E-state index in [0.29, 0.717) is 12.4 Å². The summed E-state index contributed by atoms with van der Waals surface area (Å²) in [4.78, 5) is 6.63. The maximum absolute atomic E-state index is 12.0. The van der Waals surface area contributed by atoms with E-state index in [1.807, 2.05) is 0 Å². The molecule has 96 valence electrons. The first-order valence-corrected chi connectivity index (χ1v) is 7.25. The Morgan fingerprint density at radius 2 is 2.35 bits per heavy atom. The molecule has 7 heteroatoms. The van der Waals surface area contributed by atoms with E-state index in [-0.39, 0.29) is 17.0 Å². The molecule has 1 aliphatic carbocycles. The fraction of sp³-hybridized carbons (Fsp3) is 0.700. The number of imidazole rings is 1. The molecule has 0 aliphatic heterocycles. The standard InChI is InChI=1S/C10H18N4O2S/c1-7-12-6-10(13-7)17(15,16)14-9-4-2-3-8(9)5-11/h6,8-9,14H,2-5,11H2,1H3,(H,12,13). The van der Waals surface area contributed by atoms with Crippen LogP contribution < -0.4 is 10.5 Å². The van der Waals surface area contributed by atoms with Crippen LogP contribution >= 0.6 is 0 Å². The molecule has 0 saturated heterocycles. The minimum atomic E-state index is -3.49. The number of nitrogens with one attached hydrogen (secondary N) is 2. The molecular formula is C10H18N4O2S. The fourth-order valence-electron chi connectivity index (χ4n) is 2.27. The molecule has 0 spiro atoms. The zero-order chi connectivity index (χ0) is 12.5. The second kappa shape index (κ2) is 4.75. The molecule has 0 bridgehead atoms. The Hall–Kier alpha value is -0.920. The number of nitrogens with two attached hydrogens (primary N) is 1. The number of sulfonamides is 1. The lowest BCUT2D eigenvalue weighted by Crippen LogP contribution is -2.39. The third kappa shape index (κ3) is 2.67. The van der Waals surface area contributed by atoms with E-state index in [2.05, 4.69) is 14.7 Å². The third-order valence-electron chi connectivity index (χ3n) is 3.24. The number of nitrogens with zero attached hydrogens (tertiary/aromatic N) is 1. The topological polar surface area (TPSA) is 101 Å². The molecular weight excluding hydrogens is 240 g/mol. The van der Waals surface area contributed by atoms with Crippen molar-refractivity contribution < 1.29 is 8.42 Å². The summed E-state index contributed by atoms with van der Waals surface area (Å²) in [5, 5.41) is 0.123. The molecule has 0 amide bonds. The Balaban J connectivity index is 2.12. The predicted molar refractivity (Wildman–Crippen MR) is 63.8 cm³/mol. The normalized spacial score (nSPS) is 25.3. The van der Waals surface area contributed by atoms with Gasteiger partial charge in [-0.15, -0.1) is 0 Å². The average molecular weight is 258 g/mol. The van der Waals surface area contributed by atoms with Crippen LogP contribution in [0.2, 0.25) is 0 Å². The zero-order valence-corrected chi connectivity index (χ0v) is 10.6. The third-order valence-corrected chi connectivity index (χ3v) is 4.64. The monoisotopic (exact) mass is 258 g/mol. The number of aryl methyl sites for hydroxylation is 1. The first-order valence-electron chi connectivity index (χ1n) is 5.77. The van der Waals surface area contributed by atoms with Crippen molar-refractivity contribution in [2.45, 2.75) is 37.3 Å². The van der Waals surface area contributed by atoms with E-state index < -0.39 is 10.0 Å². The van der Waals surface area contributed by atoms with Crippen molar-refractivity contribution in [3.05, 3.63) is 12.0 Å². The van der Waals surface area contributed by atoms with Gasteiger partial charge in [-0.25, -0.2) is 18.1 Å². The van der Waals surface area contributed by atoms with Crippen molar-refractivity contribution in [1.82, 2.24) is 14.7 Å². The van der Waals surface area contributed by atoms with E-state index >= 15 is 0 Å². The Morgan fingerprint density at radius 1 is 1.59 bits per heavy atom. The lowest BCUT2D eigenvalue weighted by molar-refractivity contribution is 0.452. The Bertz CT molecular complexity index is 482. The van der Waals surface area contributed by atoms with Gasteiger partial charge in [0.15, 0.2) is 5.03 Å². The van der Waals surface area contributed by atoms with Crippen molar-refractivity contribution >= 4 is 10.0 Å². The molecule has 1 saturated carbocycles. The summed E-state index contributed by atoms with van der Waals surface area (Å²) in [6, 6.07) is -0.0476. The van der Waals surface area contributed by atoms with Crippen LogP contribution in [-0.4, -0.2) is 31.0 Å². The Kier molecular flexibility index (Phi) is 3.50. The molecule has 2 atom stereocenters. The van der Waals surface area contributed by atoms with Crippen LogP contribution in [0.4, 0.5) is 0 Å². The van der Waals surface area contributed by atoms with E-state index in [0.717, 1.165) is 19.3 Å². The Labute approximate surface area is 101 Å². The Morgan fingerprint density at radius 3 is 2.94 bits per heavy atom. The quantitative estimate of drug-likeness (QED) is 0.714. The van der Waals surface area contributed by atoms with Crippen molar-refractivity contribution in [2.24, 2.45) is 11.7 Å². The van der Waals surface area contributed by atoms with Crippen molar-refractivity contribution in [3.63, 3.8) is 0 Å². The van der Waals surface area contributed by atoms with Crippen LogP contribution in [0.15, 0.2) is 11.2 Å². The van der Waals surface area contributed by atoms with Gasteiger partial charge in [0.25, 0.3) is 10.0 Å². The average Bonchev–Trinajstić information content (AvgIpc) is 2.86. The maximum atomic E-state index is 12.0. The van der Waals surface area contributed by atoms with Crippen LogP contribution in [0, 0.1) is 12.8 Å². The molecule has 2 rings (SSSR count). The van der Waals surface area contributed by atoms with Gasteiger partial charge in [0.2, 0.25) is 0 Å². The minimum absolute atomic E-state index is 0.0476. The zero-order valence-electron chi connectivity index (χ0n) is 9.81. The number of H-pyrrole nitrogens is 1. The smallest absolute Gasteiger partial charge is 0.257 e. The highest BCUT2D eigenvalue weighted by molar-refractivity contribution is 7.89. The first-order chi connectivity index (χ1) is 8.03. The molecule has 0 radical (unpaired) electrons. The van der Waals surface area contributed by atoms with Gasteiger partial charge in [-0.05, 0) is 32.2 Å². The highest BCUT2D eigenvalue weighted by Crippen LogP contribution is 2.25. The van der Waals surface area contributed by atoms with Crippen LogP contribution in [0.3, 0.4) is 0 Å². The second-order valence-electron chi connectivity index (χ2n) is 4.49. The molecule has 6 nitrogen and oxygen atoms in total. The molecule has 1 aliphatic rings. The summed E-state index contributed by atoms with van der Waals surface area (Å²) in [5.74, 6) is 0.834. The van der Waals surface area contributed by atoms with Gasteiger partial charge < -0.3 is 10.7 Å². The second-order valence-corrected chi connectivity index (χ2v) is 6.17. The lowest BCUT2D eigenvalue weighted by Gasteiger charge is -2.18. The molecule has 4 N–H and O–H groups in total. The summed E-state index contributed by atoms with van der Waals surface area (Å²) in [5.41, 5.74) is 5.63. The predicted octanol–water partition coefficient (Wildman–Crippen LogP) is 0.124. The SMILES string of the molecule is Cc1ncc(S(=O)(=O)NC2CCCC2CN)[nH]1. The lowest BCUT2D eigenvalue weighted by atomic mass is 10.1. The van der Waals surface area contributed by atoms with E-state index in [1.54, 1.807) is 6.92 Å². The van der Waals surface area contributed by atoms with Gasteiger partial charge in [-0.2, -0.15) is 0 Å². The number of rotatable bonds is 4. The summed E-state index contributed by atoms with van der Waals surface area (Å²) in [6.07, 6.45) is 4.21. The van der Waals surface area contributed by atoms with Gasteiger partial charge in [-0.1, -0.05) is 6.42 Å². The molecule has 2 unspecified atom stereocenters. The number of aromatic nitrogens is 2.